The van der Waals surface area contributed by atoms with E-state index in [0.717, 1.165) is 17.0 Å². The van der Waals surface area contributed by atoms with Crippen molar-refractivity contribution in [2.45, 2.75) is 26.8 Å². The smallest absolute Gasteiger partial charge is 0.251 e. The van der Waals surface area contributed by atoms with Crippen molar-refractivity contribution in [1.82, 2.24) is 34.8 Å². The summed E-state index contributed by atoms with van der Waals surface area (Å²) in [4.78, 5) is 20.7. The third kappa shape index (κ3) is 2.90. The Morgan fingerprint density at radius 2 is 2.12 bits per heavy atom. The molecule has 1 N–H and O–H groups in total. The maximum Gasteiger partial charge on any atom is 0.251 e. The zero-order chi connectivity index (χ0) is 17.3. The van der Waals surface area contributed by atoms with Crippen LogP contribution in [-0.4, -0.2) is 35.4 Å². The van der Waals surface area contributed by atoms with E-state index in [0.29, 0.717) is 11.4 Å². The topological polar surface area (TPSA) is 90.5 Å². The van der Waals surface area contributed by atoms with Crippen LogP contribution < -0.4 is 5.32 Å². The quantitative estimate of drug-likeness (QED) is 0.785. The van der Waals surface area contributed by atoms with Gasteiger partial charge in [0, 0.05) is 30.1 Å². The number of carbonyl (C=O) groups is 1. The molecule has 0 aliphatic heterocycles. The molecule has 124 valence electrons. The first-order chi connectivity index (χ1) is 11.5. The summed E-state index contributed by atoms with van der Waals surface area (Å²) in [5, 5.41) is 11.4. The summed E-state index contributed by atoms with van der Waals surface area (Å²) in [7, 11) is 1.90. The molecule has 1 amide bonds. The Morgan fingerprint density at radius 1 is 1.33 bits per heavy atom. The fraction of sp³-hybridized carbons (Fsp3) is 0.312. The van der Waals surface area contributed by atoms with Crippen molar-refractivity contribution in [2.24, 2.45) is 7.05 Å². The largest absolute Gasteiger partial charge is 0.345 e. The molecule has 3 aromatic rings. The number of pyridine rings is 1. The number of rotatable bonds is 4. The fourth-order valence-corrected chi connectivity index (χ4v) is 2.78. The summed E-state index contributed by atoms with van der Waals surface area (Å²) in [5.41, 5.74) is 3.51. The van der Waals surface area contributed by atoms with Gasteiger partial charge in [-0.25, -0.2) is 14.6 Å². The number of aryl methyl sites for hydroxylation is 2. The minimum absolute atomic E-state index is 0.144. The van der Waals surface area contributed by atoms with E-state index < -0.39 is 0 Å². The van der Waals surface area contributed by atoms with Crippen LogP contribution >= 0.6 is 0 Å². The van der Waals surface area contributed by atoms with Gasteiger partial charge in [0.05, 0.1) is 11.7 Å². The van der Waals surface area contributed by atoms with Crippen molar-refractivity contribution < 1.29 is 4.79 Å². The molecule has 3 aromatic heterocycles. The average molecular weight is 325 g/mol. The van der Waals surface area contributed by atoms with E-state index in [9.17, 15) is 4.79 Å². The number of hydrogen-bond acceptors (Lipinski definition) is 5. The van der Waals surface area contributed by atoms with Crippen molar-refractivity contribution in [3.63, 3.8) is 0 Å². The van der Waals surface area contributed by atoms with Gasteiger partial charge in [0.1, 0.15) is 12.7 Å². The lowest BCUT2D eigenvalue weighted by molar-refractivity contribution is 0.0939. The van der Waals surface area contributed by atoms with Crippen molar-refractivity contribution in [2.75, 3.05) is 0 Å². The second-order valence-electron chi connectivity index (χ2n) is 5.65. The Labute approximate surface area is 139 Å². The van der Waals surface area contributed by atoms with Crippen LogP contribution in [0.1, 0.15) is 40.3 Å². The summed E-state index contributed by atoms with van der Waals surface area (Å²) in [5.74, 6) is 0.371. The molecule has 0 aliphatic carbocycles. The maximum atomic E-state index is 12.6. The van der Waals surface area contributed by atoms with Crippen molar-refractivity contribution in [3.8, 4) is 5.82 Å². The lowest BCUT2D eigenvalue weighted by atomic mass is 10.1. The van der Waals surface area contributed by atoms with Crippen LogP contribution in [0, 0.1) is 13.8 Å². The first-order valence-corrected chi connectivity index (χ1v) is 7.59. The Bertz CT molecular complexity index is 867. The second kappa shape index (κ2) is 6.23. The summed E-state index contributed by atoms with van der Waals surface area (Å²) in [6.07, 6.45) is 4.54. The fourth-order valence-electron chi connectivity index (χ4n) is 2.78. The van der Waals surface area contributed by atoms with Gasteiger partial charge in [-0.1, -0.05) is 0 Å². The van der Waals surface area contributed by atoms with Gasteiger partial charge < -0.3 is 5.32 Å². The summed E-state index contributed by atoms with van der Waals surface area (Å²) in [6, 6.07) is 3.21. The summed E-state index contributed by atoms with van der Waals surface area (Å²) >= 11 is 0. The summed E-state index contributed by atoms with van der Waals surface area (Å²) < 4.78 is 3.33. The van der Waals surface area contributed by atoms with Crippen molar-refractivity contribution in [3.05, 3.63) is 53.5 Å². The number of nitrogens with one attached hydrogen (secondary N) is 1. The van der Waals surface area contributed by atoms with Gasteiger partial charge >= 0.3 is 0 Å². The molecule has 24 heavy (non-hydrogen) atoms. The monoisotopic (exact) mass is 325 g/mol. The molecule has 0 aliphatic rings. The lowest BCUT2D eigenvalue weighted by Gasteiger charge is -2.15. The van der Waals surface area contributed by atoms with Crippen LogP contribution in [0.3, 0.4) is 0 Å². The highest BCUT2D eigenvalue weighted by Gasteiger charge is 2.19. The Hall–Kier alpha value is -3.03. The van der Waals surface area contributed by atoms with Gasteiger partial charge in [0.15, 0.2) is 5.82 Å². The van der Waals surface area contributed by atoms with E-state index in [1.807, 2.05) is 32.5 Å². The van der Waals surface area contributed by atoms with Crippen LogP contribution in [0.5, 0.6) is 0 Å². The Balaban J connectivity index is 1.81. The summed E-state index contributed by atoms with van der Waals surface area (Å²) in [6.45, 7) is 5.89. The Kier molecular flexibility index (Phi) is 4.11. The molecule has 0 spiro atoms. The van der Waals surface area contributed by atoms with E-state index in [1.54, 1.807) is 18.3 Å². The van der Waals surface area contributed by atoms with Crippen LogP contribution in [0.4, 0.5) is 0 Å². The molecular formula is C16H19N7O. The minimum atomic E-state index is -0.172. The average Bonchev–Trinajstić information content (AvgIpc) is 3.16. The van der Waals surface area contributed by atoms with Gasteiger partial charge in [-0.3, -0.25) is 9.48 Å². The maximum absolute atomic E-state index is 12.6. The lowest BCUT2D eigenvalue weighted by Crippen LogP contribution is -2.27. The van der Waals surface area contributed by atoms with Crippen LogP contribution in [0.2, 0.25) is 0 Å². The predicted octanol–water partition coefficient (Wildman–Crippen LogP) is 1.50. The first kappa shape index (κ1) is 15.9. The normalized spacial score (nSPS) is 12.2. The highest BCUT2D eigenvalue weighted by Crippen LogP contribution is 2.21. The van der Waals surface area contributed by atoms with Gasteiger partial charge in [0.2, 0.25) is 0 Å². The van der Waals surface area contributed by atoms with Crippen molar-refractivity contribution >= 4 is 5.91 Å². The number of carbonyl (C=O) groups excluding carboxylic acids is 1. The molecule has 1 atom stereocenters. The third-order valence-electron chi connectivity index (χ3n) is 4.01. The van der Waals surface area contributed by atoms with E-state index in [4.69, 9.17) is 0 Å². The number of hydrogen-bond donors (Lipinski definition) is 1. The molecule has 0 bridgehead atoms. The highest BCUT2D eigenvalue weighted by molar-refractivity contribution is 5.94. The van der Waals surface area contributed by atoms with Crippen LogP contribution in [0.25, 0.3) is 5.82 Å². The van der Waals surface area contributed by atoms with Gasteiger partial charge in [-0.15, -0.1) is 0 Å². The molecule has 8 heteroatoms. The molecule has 0 saturated heterocycles. The van der Waals surface area contributed by atoms with E-state index in [-0.39, 0.29) is 11.9 Å². The third-order valence-corrected chi connectivity index (χ3v) is 4.01. The van der Waals surface area contributed by atoms with E-state index in [1.165, 1.54) is 17.3 Å². The zero-order valence-electron chi connectivity index (χ0n) is 14.1. The molecule has 0 aromatic carbocycles. The molecular weight excluding hydrogens is 306 g/mol. The second-order valence-corrected chi connectivity index (χ2v) is 5.65. The molecule has 0 fully saturated rings. The number of amides is 1. The van der Waals surface area contributed by atoms with Gasteiger partial charge in [-0.2, -0.15) is 10.2 Å². The predicted molar refractivity (Wildman–Crippen MR) is 87.7 cm³/mol. The molecule has 0 saturated carbocycles. The molecule has 3 rings (SSSR count). The zero-order valence-corrected chi connectivity index (χ0v) is 14.1. The minimum Gasteiger partial charge on any atom is -0.345 e. The van der Waals surface area contributed by atoms with Crippen LogP contribution in [0.15, 0.2) is 31.0 Å². The Morgan fingerprint density at radius 3 is 2.75 bits per heavy atom. The molecule has 0 unspecified atom stereocenters. The standard InChI is InChI=1S/C16H19N7O/c1-10(15-11(2)21-22(4)12(15)3)20-16(24)13-5-6-18-14(7-13)23-9-17-8-19-23/h5-10H,1-4H3,(H,20,24)/t10-/m1/s1. The van der Waals surface area contributed by atoms with Crippen LogP contribution in [-0.2, 0) is 7.05 Å². The van der Waals surface area contributed by atoms with Crippen molar-refractivity contribution in [1.29, 1.82) is 0 Å². The molecule has 0 radical (unpaired) electrons. The van der Waals surface area contributed by atoms with E-state index in [2.05, 4.69) is 25.5 Å². The number of aromatic nitrogens is 6. The van der Waals surface area contributed by atoms with Gasteiger partial charge in [0.25, 0.3) is 5.91 Å². The molecule has 8 nitrogen and oxygen atoms in total. The number of nitrogens with zero attached hydrogens (tertiary/aromatic N) is 6. The van der Waals surface area contributed by atoms with Gasteiger partial charge in [-0.05, 0) is 32.9 Å². The SMILES string of the molecule is Cc1nn(C)c(C)c1[C@@H](C)NC(=O)c1ccnc(-n2cncn2)c1. The highest BCUT2D eigenvalue weighted by atomic mass is 16.1. The molecule has 3 heterocycles. The van der Waals surface area contributed by atoms with E-state index >= 15 is 0 Å². The first-order valence-electron chi connectivity index (χ1n) is 7.59.